The van der Waals surface area contributed by atoms with Gasteiger partial charge in [-0.15, -0.1) is 0 Å². The molecule has 1 aromatic heterocycles. The number of rotatable bonds is 8. The SMILES string of the molecule is CCc1occc1C(=O)N[C@H](CCCC(=O)O)C(=O)O. The van der Waals surface area contributed by atoms with Gasteiger partial charge in [0.25, 0.3) is 5.91 Å². The van der Waals surface area contributed by atoms with Crippen LogP contribution < -0.4 is 5.32 Å². The Morgan fingerprint density at radius 1 is 1.35 bits per heavy atom. The van der Waals surface area contributed by atoms with Crippen LogP contribution in [-0.4, -0.2) is 34.1 Å². The molecule has 0 spiro atoms. The molecule has 0 radical (unpaired) electrons. The first-order valence-electron chi connectivity index (χ1n) is 6.27. The number of aliphatic carboxylic acids is 2. The van der Waals surface area contributed by atoms with E-state index in [-0.39, 0.29) is 19.3 Å². The largest absolute Gasteiger partial charge is 0.481 e. The topological polar surface area (TPSA) is 117 Å². The van der Waals surface area contributed by atoms with Gasteiger partial charge in [0, 0.05) is 12.8 Å². The van der Waals surface area contributed by atoms with E-state index in [2.05, 4.69) is 5.32 Å². The summed E-state index contributed by atoms with van der Waals surface area (Å²) in [6.45, 7) is 1.82. The molecule has 0 fully saturated rings. The fourth-order valence-corrected chi connectivity index (χ4v) is 1.77. The van der Waals surface area contributed by atoms with Crippen molar-refractivity contribution in [2.45, 2.75) is 38.6 Å². The Bertz CT molecular complexity index is 493. The fraction of sp³-hybridized carbons (Fsp3) is 0.462. The molecule has 1 heterocycles. The standard InChI is InChI=1S/C13H17NO6/c1-2-10-8(6-7-20-10)12(17)14-9(13(18)19)4-3-5-11(15)16/h6-7,9H,2-5H2,1H3,(H,14,17)(H,15,16)(H,18,19)/t9-/m1/s1. The Labute approximate surface area is 115 Å². The summed E-state index contributed by atoms with van der Waals surface area (Å²) in [6.07, 6.45) is 2.00. The minimum atomic E-state index is -1.19. The number of amides is 1. The second kappa shape index (κ2) is 7.32. The molecule has 7 nitrogen and oxygen atoms in total. The second-order valence-corrected chi connectivity index (χ2v) is 4.26. The van der Waals surface area contributed by atoms with Gasteiger partial charge in [-0.25, -0.2) is 4.79 Å². The highest BCUT2D eigenvalue weighted by Crippen LogP contribution is 2.12. The first-order chi connectivity index (χ1) is 9.45. The number of carboxylic acid groups (broad SMARTS) is 2. The van der Waals surface area contributed by atoms with Gasteiger partial charge in [-0.3, -0.25) is 9.59 Å². The van der Waals surface area contributed by atoms with E-state index >= 15 is 0 Å². The van der Waals surface area contributed by atoms with Crippen molar-refractivity contribution in [1.82, 2.24) is 5.32 Å². The van der Waals surface area contributed by atoms with Crippen LogP contribution in [0.3, 0.4) is 0 Å². The molecule has 7 heteroatoms. The predicted octanol–water partition coefficient (Wildman–Crippen LogP) is 1.28. The number of carbonyl (C=O) groups is 3. The van der Waals surface area contributed by atoms with Crippen LogP contribution in [0.5, 0.6) is 0 Å². The minimum absolute atomic E-state index is 0.0622. The number of furan rings is 1. The summed E-state index contributed by atoms with van der Waals surface area (Å²) in [6, 6.07) is 0.367. The molecule has 0 aromatic carbocycles. The highest BCUT2D eigenvalue weighted by atomic mass is 16.4. The van der Waals surface area contributed by atoms with Gasteiger partial charge in [0.05, 0.1) is 11.8 Å². The molecule has 1 atom stereocenters. The summed E-state index contributed by atoms with van der Waals surface area (Å²) in [5, 5.41) is 19.9. The van der Waals surface area contributed by atoms with Crippen molar-refractivity contribution in [3.8, 4) is 0 Å². The van der Waals surface area contributed by atoms with Gasteiger partial charge in [0.15, 0.2) is 0 Å². The van der Waals surface area contributed by atoms with Crippen molar-refractivity contribution in [2.75, 3.05) is 0 Å². The summed E-state index contributed by atoms with van der Waals surface area (Å²) in [5.74, 6) is -2.23. The summed E-state index contributed by atoms with van der Waals surface area (Å²) in [5.41, 5.74) is 0.303. The van der Waals surface area contributed by atoms with Crippen molar-refractivity contribution in [3.63, 3.8) is 0 Å². The number of carbonyl (C=O) groups excluding carboxylic acids is 1. The highest BCUT2D eigenvalue weighted by molar-refractivity contribution is 5.97. The fourth-order valence-electron chi connectivity index (χ4n) is 1.77. The van der Waals surface area contributed by atoms with Crippen LogP contribution in [0.1, 0.15) is 42.3 Å². The van der Waals surface area contributed by atoms with E-state index in [0.717, 1.165) is 0 Å². The van der Waals surface area contributed by atoms with Gasteiger partial charge in [0.2, 0.25) is 0 Å². The lowest BCUT2D eigenvalue weighted by Gasteiger charge is -2.13. The van der Waals surface area contributed by atoms with Crippen molar-refractivity contribution >= 4 is 17.8 Å². The van der Waals surface area contributed by atoms with Gasteiger partial charge >= 0.3 is 11.9 Å². The maximum Gasteiger partial charge on any atom is 0.326 e. The van der Waals surface area contributed by atoms with E-state index in [4.69, 9.17) is 14.6 Å². The van der Waals surface area contributed by atoms with E-state index in [9.17, 15) is 14.4 Å². The first kappa shape index (κ1) is 15.7. The zero-order chi connectivity index (χ0) is 15.1. The minimum Gasteiger partial charge on any atom is -0.481 e. The van der Waals surface area contributed by atoms with E-state index in [0.29, 0.717) is 17.7 Å². The number of hydrogen-bond donors (Lipinski definition) is 3. The molecule has 0 saturated carbocycles. The third-order valence-electron chi connectivity index (χ3n) is 2.80. The third kappa shape index (κ3) is 4.42. The second-order valence-electron chi connectivity index (χ2n) is 4.26. The molecular weight excluding hydrogens is 266 g/mol. The number of nitrogens with one attached hydrogen (secondary N) is 1. The molecule has 1 rings (SSSR count). The summed E-state index contributed by atoms with van der Waals surface area (Å²) in [7, 11) is 0. The van der Waals surface area contributed by atoms with Crippen molar-refractivity contribution < 1.29 is 29.0 Å². The normalized spacial score (nSPS) is 11.8. The van der Waals surface area contributed by atoms with Crippen LogP contribution in [0.15, 0.2) is 16.7 Å². The molecule has 1 aromatic rings. The maximum absolute atomic E-state index is 11.9. The van der Waals surface area contributed by atoms with Gasteiger partial charge in [-0.2, -0.15) is 0 Å². The molecule has 20 heavy (non-hydrogen) atoms. The molecule has 0 saturated heterocycles. The van der Waals surface area contributed by atoms with E-state index in [1.54, 1.807) is 0 Å². The van der Waals surface area contributed by atoms with Crippen molar-refractivity contribution in [3.05, 3.63) is 23.7 Å². The van der Waals surface area contributed by atoms with Crippen LogP contribution in [-0.2, 0) is 16.0 Å². The third-order valence-corrected chi connectivity index (χ3v) is 2.80. The van der Waals surface area contributed by atoms with Gasteiger partial charge in [0.1, 0.15) is 11.8 Å². The van der Waals surface area contributed by atoms with Gasteiger partial charge in [-0.05, 0) is 18.9 Å². The monoisotopic (exact) mass is 283 g/mol. The number of aryl methyl sites for hydroxylation is 1. The highest BCUT2D eigenvalue weighted by Gasteiger charge is 2.22. The van der Waals surface area contributed by atoms with Crippen LogP contribution in [0.4, 0.5) is 0 Å². The van der Waals surface area contributed by atoms with E-state index < -0.39 is 23.9 Å². The molecule has 0 aliphatic carbocycles. The van der Waals surface area contributed by atoms with Crippen molar-refractivity contribution in [1.29, 1.82) is 0 Å². The molecule has 0 unspecified atom stereocenters. The molecule has 0 aliphatic rings. The quantitative estimate of drug-likeness (QED) is 0.661. The molecular formula is C13H17NO6. The molecule has 0 aliphatic heterocycles. The molecule has 0 bridgehead atoms. The molecule has 1 amide bonds. The van der Waals surface area contributed by atoms with E-state index in [1.165, 1.54) is 12.3 Å². The zero-order valence-corrected chi connectivity index (χ0v) is 11.1. The van der Waals surface area contributed by atoms with Gasteiger partial charge < -0.3 is 19.9 Å². The Morgan fingerprint density at radius 3 is 2.60 bits per heavy atom. The first-order valence-corrected chi connectivity index (χ1v) is 6.27. The number of hydrogen-bond acceptors (Lipinski definition) is 4. The zero-order valence-electron chi connectivity index (χ0n) is 11.1. The van der Waals surface area contributed by atoms with Gasteiger partial charge in [-0.1, -0.05) is 6.92 Å². The molecule has 3 N–H and O–H groups in total. The lowest BCUT2D eigenvalue weighted by molar-refractivity contribution is -0.140. The van der Waals surface area contributed by atoms with Crippen LogP contribution in [0, 0.1) is 0 Å². The van der Waals surface area contributed by atoms with Crippen LogP contribution in [0.2, 0.25) is 0 Å². The smallest absolute Gasteiger partial charge is 0.326 e. The van der Waals surface area contributed by atoms with Crippen LogP contribution >= 0.6 is 0 Å². The van der Waals surface area contributed by atoms with Crippen molar-refractivity contribution in [2.24, 2.45) is 0 Å². The Morgan fingerprint density at radius 2 is 2.05 bits per heavy atom. The summed E-state index contributed by atoms with van der Waals surface area (Å²) >= 11 is 0. The predicted molar refractivity (Wildman–Crippen MR) is 68.5 cm³/mol. The lowest BCUT2D eigenvalue weighted by atomic mass is 10.1. The maximum atomic E-state index is 11.9. The average molecular weight is 283 g/mol. The Hall–Kier alpha value is -2.31. The Balaban J connectivity index is 2.63. The molecule has 110 valence electrons. The van der Waals surface area contributed by atoms with E-state index in [1.807, 2.05) is 6.92 Å². The summed E-state index contributed by atoms with van der Waals surface area (Å²) < 4.78 is 5.10. The van der Waals surface area contributed by atoms with Crippen LogP contribution in [0.25, 0.3) is 0 Å². The Kier molecular flexibility index (Phi) is 5.76. The average Bonchev–Trinajstić information content (AvgIpc) is 2.85. The number of carboxylic acids is 2. The summed E-state index contributed by atoms with van der Waals surface area (Å²) in [4.78, 5) is 33.4. The lowest BCUT2D eigenvalue weighted by Crippen LogP contribution is -2.41.